The fourth-order valence-electron chi connectivity index (χ4n) is 2.85. The molecule has 0 saturated carbocycles. The van der Waals surface area contributed by atoms with E-state index in [-0.39, 0.29) is 6.03 Å². The molecule has 0 bridgehead atoms. The summed E-state index contributed by atoms with van der Waals surface area (Å²) in [5.41, 5.74) is -1.03. The van der Waals surface area contributed by atoms with Crippen molar-refractivity contribution in [3.63, 3.8) is 0 Å². The van der Waals surface area contributed by atoms with Crippen molar-refractivity contribution in [1.29, 1.82) is 0 Å². The Balaban J connectivity index is 2.46. The van der Waals surface area contributed by atoms with Gasteiger partial charge in [0.25, 0.3) is 0 Å². The molecule has 122 valence electrons. The van der Waals surface area contributed by atoms with Crippen molar-refractivity contribution in [2.24, 2.45) is 0 Å². The van der Waals surface area contributed by atoms with Crippen molar-refractivity contribution in [3.05, 3.63) is 0 Å². The van der Waals surface area contributed by atoms with Crippen LogP contribution in [0.15, 0.2) is 0 Å². The van der Waals surface area contributed by atoms with Gasteiger partial charge in [0.15, 0.2) is 0 Å². The van der Waals surface area contributed by atoms with Crippen molar-refractivity contribution >= 4 is 12.0 Å². The summed E-state index contributed by atoms with van der Waals surface area (Å²) >= 11 is 0. The smallest absolute Gasteiger partial charge is 0.329 e. The standard InChI is InChI=1S/C15H28N2O4/c1-3-5-11-21-12-9-16-14(20)17-10-6-8-15(17,7-4-2)13(18)19/h3-12H2,1-2H3,(H,16,20)(H,18,19). The minimum Gasteiger partial charge on any atom is -0.479 e. The van der Waals surface area contributed by atoms with E-state index < -0.39 is 11.5 Å². The Morgan fingerprint density at radius 2 is 2.05 bits per heavy atom. The predicted molar refractivity (Wildman–Crippen MR) is 80.3 cm³/mol. The first kappa shape index (κ1) is 17.8. The third-order valence-corrected chi connectivity index (χ3v) is 3.96. The molecular formula is C15H28N2O4. The average molecular weight is 300 g/mol. The molecule has 21 heavy (non-hydrogen) atoms. The van der Waals surface area contributed by atoms with E-state index in [1.54, 1.807) is 0 Å². The average Bonchev–Trinajstić information content (AvgIpc) is 2.88. The maximum absolute atomic E-state index is 12.2. The van der Waals surface area contributed by atoms with Gasteiger partial charge >= 0.3 is 12.0 Å². The van der Waals surface area contributed by atoms with E-state index in [0.29, 0.717) is 39.1 Å². The van der Waals surface area contributed by atoms with E-state index in [9.17, 15) is 14.7 Å². The maximum Gasteiger partial charge on any atom is 0.329 e. The van der Waals surface area contributed by atoms with Gasteiger partial charge in [-0.15, -0.1) is 0 Å². The molecule has 1 rings (SSSR count). The Labute approximate surface area is 126 Å². The number of carbonyl (C=O) groups is 2. The number of carbonyl (C=O) groups excluding carboxylic acids is 1. The van der Waals surface area contributed by atoms with E-state index >= 15 is 0 Å². The highest BCUT2D eigenvalue weighted by molar-refractivity contribution is 5.87. The topological polar surface area (TPSA) is 78.9 Å². The minimum absolute atomic E-state index is 0.289. The lowest BCUT2D eigenvalue weighted by molar-refractivity contribution is -0.148. The van der Waals surface area contributed by atoms with E-state index in [4.69, 9.17) is 4.74 Å². The zero-order chi connectivity index (χ0) is 15.7. The molecule has 6 heteroatoms. The van der Waals surface area contributed by atoms with Crippen LogP contribution in [0.3, 0.4) is 0 Å². The van der Waals surface area contributed by atoms with Crippen LogP contribution in [-0.4, -0.2) is 53.8 Å². The van der Waals surface area contributed by atoms with Crippen molar-refractivity contribution in [2.75, 3.05) is 26.3 Å². The molecule has 2 N–H and O–H groups in total. The molecule has 1 heterocycles. The molecule has 1 atom stereocenters. The molecule has 0 aromatic rings. The van der Waals surface area contributed by atoms with Gasteiger partial charge in [-0.05, 0) is 25.7 Å². The molecule has 0 radical (unpaired) electrons. The molecule has 1 fully saturated rings. The van der Waals surface area contributed by atoms with Crippen LogP contribution in [0, 0.1) is 0 Å². The Hall–Kier alpha value is -1.30. The number of carboxylic acids is 1. The number of carboxylic acid groups (broad SMARTS) is 1. The zero-order valence-electron chi connectivity index (χ0n) is 13.2. The summed E-state index contributed by atoms with van der Waals surface area (Å²) in [5.74, 6) is -0.892. The SMILES string of the molecule is CCCCOCCNC(=O)N1CCCC1(CCC)C(=O)O. The lowest BCUT2D eigenvalue weighted by Crippen LogP contribution is -2.56. The Bertz CT molecular complexity index is 349. The van der Waals surface area contributed by atoms with E-state index in [0.717, 1.165) is 25.7 Å². The van der Waals surface area contributed by atoms with Crippen LogP contribution in [0.2, 0.25) is 0 Å². The monoisotopic (exact) mass is 300 g/mol. The second-order valence-corrected chi connectivity index (χ2v) is 5.54. The molecule has 6 nitrogen and oxygen atoms in total. The van der Waals surface area contributed by atoms with Crippen LogP contribution in [0.5, 0.6) is 0 Å². The molecular weight excluding hydrogens is 272 g/mol. The van der Waals surface area contributed by atoms with E-state index in [2.05, 4.69) is 12.2 Å². The van der Waals surface area contributed by atoms with Gasteiger partial charge in [-0.2, -0.15) is 0 Å². The van der Waals surface area contributed by atoms with Crippen molar-refractivity contribution in [3.8, 4) is 0 Å². The van der Waals surface area contributed by atoms with Gasteiger partial charge in [-0.3, -0.25) is 0 Å². The first-order valence-corrected chi connectivity index (χ1v) is 7.95. The third kappa shape index (κ3) is 4.59. The highest BCUT2D eigenvalue weighted by Crippen LogP contribution is 2.33. The molecule has 0 aromatic heterocycles. The number of rotatable bonds is 9. The lowest BCUT2D eigenvalue weighted by Gasteiger charge is -2.34. The summed E-state index contributed by atoms with van der Waals surface area (Å²) in [5, 5.41) is 12.3. The highest BCUT2D eigenvalue weighted by atomic mass is 16.5. The molecule has 1 saturated heterocycles. The summed E-state index contributed by atoms with van der Waals surface area (Å²) in [6.07, 6.45) is 4.62. The Morgan fingerprint density at radius 3 is 2.67 bits per heavy atom. The number of urea groups is 1. The number of likely N-dealkylation sites (tertiary alicyclic amines) is 1. The predicted octanol–water partition coefficient (Wildman–Crippen LogP) is 2.23. The van der Waals surface area contributed by atoms with Gasteiger partial charge in [-0.25, -0.2) is 9.59 Å². The summed E-state index contributed by atoms with van der Waals surface area (Å²) in [6, 6.07) is -0.289. The van der Waals surface area contributed by atoms with Crippen LogP contribution in [0.4, 0.5) is 4.79 Å². The van der Waals surface area contributed by atoms with Gasteiger partial charge in [0.05, 0.1) is 6.61 Å². The summed E-state index contributed by atoms with van der Waals surface area (Å²) < 4.78 is 5.38. The van der Waals surface area contributed by atoms with Gasteiger partial charge < -0.3 is 20.1 Å². The third-order valence-electron chi connectivity index (χ3n) is 3.96. The molecule has 0 aliphatic carbocycles. The molecule has 0 aromatic carbocycles. The Morgan fingerprint density at radius 1 is 1.29 bits per heavy atom. The molecule has 1 unspecified atom stereocenters. The van der Waals surface area contributed by atoms with E-state index in [1.807, 2.05) is 6.92 Å². The normalized spacial score (nSPS) is 21.5. The molecule has 0 spiro atoms. The molecule has 1 aliphatic heterocycles. The second kappa shape index (κ2) is 8.87. The quantitative estimate of drug-likeness (QED) is 0.640. The van der Waals surface area contributed by atoms with Gasteiger partial charge in [-0.1, -0.05) is 26.7 Å². The van der Waals surface area contributed by atoms with Crippen molar-refractivity contribution in [1.82, 2.24) is 10.2 Å². The first-order valence-electron chi connectivity index (χ1n) is 7.95. The van der Waals surface area contributed by atoms with Crippen LogP contribution >= 0.6 is 0 Å². The number of hydrogen-bond donors (Lipinski definition) is 2. The fourth-order valence-corrected chi connectivity index (χ4v) is 2.85. The van der Waals surface area contributed by atoms with Crippen LogP contribution in [0.1, 0.15) is 52.4 Å². The lowest BCUT2D eigenvalue weighted by atomic mass is 9.91. The van der Waals surface area contributed by atoms with Crippen molar-refractivity contribution < 1.29 is 19.4 Å². The highest BCUT2D eigenvalue weighted by Gasteiger charge is 2.49. The second-order valence-electron chi connectivity index (χ2n) is 5.54. The van der Waals surface area contributed by atoms with Gasteiger partial charge in [0, 0.05) is 19.7 Å². The number of hydrogen-bond acceptors (Lipinski definition) is 3. The number of amides is 2. The largest absolute Gasteiger partial charge is 0.479 e. The number of aliphatic carboxylic acids is 1. The maximum atomic E-state index is 12.2. The summed E-state index contributed by atoms with van der Waals surface area (Å²) in [4.78, 5) is 25.3. The Kier molecular flexibility index (Phi) is 7.50. The van der Waals surface area contributed by atoms with Crippen molar-refractivity contribution in [2.45, 2.75) is 57.9 Å². The number of nitrogens with one attached hydrogen (secondary N) is 1. The molecule has 2 amide bonds. The number of unbranched alkanes of at least 4 members (excludes halogenated alkanes) is 1. The molecule has 1 aliphatic rings. The van der Waals surface area contributed by atoms with Crippen LogP contribution in [-0.2, 0) is 9.53 Å². The van der Waals surface area contributed by atoms with Crippen LogP contribution < -0.4 is 5.32 Å². The van der Waals surface area contributed by atoms with E-state index in [1.165, 1.54) is 4.90 Å². The van der Waals surface area contributed by atoms with Gasteiger partial charge in [0.1, 0.15) is 5.54 Å². The number of ether oxygens (including phenoxy) is 1. The summed E-state index contributed by atoms with van der Waals surface area (Å²) in [7, 11) is 0. The number of nitrogens with zero attached hydrogens (tertiary/aromatic N) is 1. The summed E-state index contributed by atoms with van der Waals surface area (Å²) in [6.45, 7) is 6.13. The van der Waals surface area contributed by atoms with Crippen LogP contribution in [0.25, 0.3) is 0 Å². The first-order chi connectivity index (χ1) is 10.1. The minimum atomic E-state index is -1.03. The zero-order valence-corrected chi connectivity index (χ0v) is 13.2. The van der Waals surface area contributed by atoms with Gasteiger partial charge in [0.2, 0.25) is 0 Å². The fraction of sp³-hybridized carbons (Fsp3) is 0.867.